The molecule has 1 saturated carbocycles. The van der Waals surface area contributed by atoms with Crippen LogP contribution in [0.3, 0.4) is 0 Å². The summed E-state index contributed by atoms with van der Waals surface area (Å²) < 4.78 is 0. The van der Waals surface area contributed by atoms with Crippen molar-refractivity contribution in [3.63, 3.8) is 0 Å². The first-order chi connectivity index (χ1) is 9.63. The van der Waals surface area contributed by atoms with E-state index in [0.29, 0.717) is 17.6 Å². The van der Waals surface area contributed by atoms with Gasteiger partial charge in [0.25, 0.3) is 0 Å². The monoisotopic (exact) mass is 311 g/mol. The van der Waals surface area contributed by atoms with Gasteiger partial charge in [0, 0.05) is 10.8 Å². The van der Waals surface area contributed by atoms with Gasteiger partial charge in [-0.05, 0) is 30.9 Å². The van der Waals surface area contributed by atoms with Crippen molar-refractivity contribution in [1.29, 1.82) is 0 Å². The molecule has 1 aromatic carbocycles. The summed E-state index contributed by atoms with van der Waals surface area (Å²) in [4.78, 5) is 13.3. The SMILES string of the molecule is CC1CCCC(CCl)(NC(=O)CSc2ccccc2)C1. The number of rotatable bonds is 5. The molecule has 1 fully saturated rings. The number of carbonyl (C=O) groups is 1. The molecule has 0 spiro atoms. The maximum absolute atomic E-state index is 12.2. The van der Waals surface area contributed by atoms with Crippen molar-refractivity contribution in [3.05, 3.63) is 30.3 Å². The number of amides is 1. The van der Waals surface area contributed by atoms with Crippen LogP contribution in [0.15, 0.2) is 35.2 Å². The van der Waals surface area contributed by atoms with Gasteiger partial charge in [-0.3, -0.25) is 4.79 Å². The second kappa shape index (κ2) is 7.37. The van der Waals surface area contributed by atoms with Crippen LogP contribution >= 0.6 is 23.4 Å². The van der Waals surface area contributed by atoms with Gasteiger partial charge in [-0.2, -0.15) is 0 Å². The summed E-state index contributed by atoms with van der Waals surface area (Å²) >= 11 is 7.71. The number of carbonyl (C=O) groups excluding carboxylic acids is 1. The first-order valence-electron chi connectivity index (χ1n) is 7.18. The van der Waals surface area contributed by atoms with E-state index in [1.165, 1.54) is 6.42 Å². The molecule has 0 radical (unpaired) electrons. The Hall–Kier alpha value is -0.670. The van der Waals surface area contributed by atoms with Crippen LogP contribution in [0.1, 0.15) is 32.6 Å². The van der Waals surface area contributed by atoms with Crippen LogP contribution < -0.4 is 5.32 Å². The van der Waals surface area contributed by atoms with E-state index < -0.39 is 0 Å². The van der Waals surface area contributed by atoms with Gasteiger partial charge >= 0.3 is 0 Å². The van der Waals surface area contributed by atoms with Crippen molar-refractivity contribution in [1.82, 2.24) is 5.32 Å². The highest BCUT2D eigenvalue weighted by Crippen LogP contribution is 2.33. The zero-order valence-electron chi connectivity index (χ0n) is 11.9. The fourth-order valence-corrected chi connectivity index (χ4v) is 3.95. The van der Waals surface area contributed by atoms with E-state index in [2.05, 4.69) is 12.2 Å². The topological polar surface area (TPSA) is 29.1 Å². The molecule has 20 heavy (non-hydrogen) atoms. The Kier molecular flexibility index (Phi) is 5.79. The van der Waals surface area contributed by atoms with Crippen molar-refractivity contribution in [2.24, 2.45) is 5.92 Å². The largest absolute Gasteiger partial charge is 0.349 e. The minimum absolute atomic E-state index is 0.0913. The summed E-state index contributed by atoms with van der Waals surface area (Å²) in [6.45, 7) is 2.24. The van der Waals surface area contributed by atoms with Crippen LogP contribution in [0.25, 0.3) is 0 Å². The normalized spacial score (nSPS) is 26.2. The fraction of sp³-hybridized carbons (Fsp3) is 0.562. The lowest BCUT2D eigenvalue weighted by Gasteiger charge is -2.39. The van der Waals surface area contributed by atoms with Crippen molar-refractivity contribution in [2.45, 2.75) is 43.0 Å². The lowest BCUT2D eigenvalue weighted by molar-refractivity contribution is -0.120. The summed E-state index contributed by atoms with van der Waals surface area (Å²) in [7, 11) is 0. The minimum Gasteiger partial charge on any atom is -0.349 e. The van der Waals surface area contributed by atoms with Gasteiger partial charge in [0.2, 0.25) is 5.91 Å². The van der Waals surface area contributed by atoms with E-state index >= 15 is 0 Å². The molecule has 2 nitrogen and oxygen atoms in total. The van der Waals surface area contributed by atoms with E-state index in [-0.39, 0.29) is 11.4 Å². The standard InChI is InChI=1S/C16H22ClNOS/c1-13-6-5-9-16(10-13,12-17)18-15(19)11-20-14-7-3-2-4-8-14/h2-4,7-8,13H,5-6,9-12H2,1H3,(H,18,19). The fourth-order valence-electron chi connectivity index (χ4n) is 2.93. The van der Waals surface area contributed by atoms with Crippen LogP contribution in [0.4, 0.5) is 0 Å². The average molecular weight is 312 g/mol. The first-order valence-corrected chi connectivity index (χ1v) is 8.70. The summed E-state index contributed by atoms with van der Waals surface area (Å²) in [5.41, 5.74) is -0.187. The molecule has 2 unspecified atom stereocenters. The quantitative estimate of drug-likeness (QED) is 0.655. The molecule has 0 aliphatic heterocycles. The van der Waals surface area contributed by atoms with Crippen molar-refractivity contribution in [2.75, 3.05) is 11.6 Å². The Morgan fingerprint density at radius 3 is 2.85 bits per heavy atom. The molecule has 0 bridgehead atoms. The molecular weight excluding hydrogens is 290 g/mol. The molecule has 0 aromatic heterocycles. The number of alkyl halides is 1. The smallest absolute Gasteiger partial charge is 0.230 e. The Morgan fingerprint density at radius 2 is 2.20 bits per heavy atom. The molecule has 0 heterocycles. The molecule has 2 rings (SSSR count). The number of hydrogen-bond donors (Lipinski definition) is 1. The molecule has 0 saturated heterocycles. The third kappa shape index (κ3) is 4.42. The third-order valence-electron chi connectivity index (χ3n) is 3.86. The predicted molar refractivity (Wildman–Crippen MR) is 86.4 cm³/mol. The number of hydrogen-bond acceptors (Lipinski definition) is 2. The molecular formula is C16H22ClNOS. The highest BCUT2D eigenvalue weighted by atomic mass is 35.5. The second-order valence-electron chi connectivity index (χ2n) is 5.77. The Labute approximate surface area is 130 Å². The van der Waals surface area contributed by atoms with E-state index in [4.69, 9.17) is 11.6 Å². The van der Waals surface area contributed by atoms with Crippen molar-refractivity contribution < 1.29 is 4.79 Å². The lowest BCUT2D eigenvalue weighted by Crippen LogP contribution is -2.53. The zero-order valence-corrected chi connectivity index (χ0v) is 13.5. The molecule has 2 atom stereocenters. The van der Waals surface area contributed by atoms with E-state index in [0.717, 1.165) is 24.2 Å². The Bertz CT molecular complexity index is 439. The van der Waals surface area contributed by atoms with E-state index in [1.54, 1.807) is 11.8 Å². The summed E-state index contributed by atoms with van der Waals surface area (Å²) in [6.07, 6.45) is 4.40. The highest BCUT2D eigenvalue weighted by Gasteiger charge is 2.35. The summed E-state index contributed by atoms with van der Waals surface area (Å²) in [5.74, 6) is 1.70. The van der Waals surface area contributed by atoms with Gasteiger partial charge in [0.1, 0.15) is 0 Å². The molecule has 1 N–H and O–H groups in total. The molecule has 1 aromatic rings. The molecule has 4 heteroatoms. The van der Waals surface area contributed by atoms with Crippen LogP contribution in [0.2, 0.25) is 0 Å². The third-order valence-corrected chi connectivity index (χ3v) is 5.39. The summed E-state index contributed by atoms with van der Waals surface area (Å²) in [5, 5.41) is 3.19. The predicted octanol–water partition coefficient (Wildman–Crippen LogP) is 4.08. The Morgan fingerprint density at radius 1 is 1.45 bits per heavy atom. The minimum atomic E-state index is -0.187. The van der Waals surface area contributed by atoms with E-state index in [9.17, 15) is 4.79 Å². The first kappa shape index (κ1) is 15.7. The maximum atomic E-state index is 12.2. The van der Waals surface area contributed by atoms with Gasteiger partial charge in [0.15, 0.2) is 0 Å². The van der Waals surface area contributed by atoms with Gasteiger partial charge in [-0.15, -0.1) is 23.4 Å². The molecule has 110 valence electrons. The number of thioether (sulfide) groups is 1. The number of benzene rings is 1. The van der Waals surface area contributed by atoms with Crippen LogP contribution in [0.5, 0.6) is 0 Å². The van der Waals surface area contributed by atoms with Gasteiger partial charge in [-0.1, -0.05) is 38.0 Å². The van der Waals surface area contributed by atoms with Gasteiger partial charge < -0.3 is 5.32 Å². The second-order valence-corrected chi connectivity index (χ2v) is 7.08. The Balaban J connectivity index is 1.86. The maximum Gasteiger partial charge on any atom is 0.230 e. The van der Waals surface area contributed by atoms with Crippen LogP contribution in [-0.4, -0.2) is 23.1 Å². The van der Waals surface area contributed by atoms with E-state index in [1.807, 2.05) is 30.3 Å². The lowest BCUT2D eigenvalue weighted by atomic mass is 9.77. The average Bonchev–Trinajstić information content (AvgIpc) is 2.46. The van der Waals surface area contributed by atoms with Crippen molar-refractivity contribution >= 4 is 29.3 Å². The van der Waals surface area contributed by atoms with Crippen LogP contribution in [0, 0.1) is 5.92 Å². The highest BCUT2D eigenvalue weighted by molar-refractivity contribution is 8.00. The van der Waals surface area contributed by atoms with Gasteiger partial charge in [-0.25, -0.2) is 0 Å². The number of nitrogens with one attached hydrogen (secondary N) is 1. The summed E-state index contributed by atoms with van der Waals surface area (Å²) in [6, 6.07) is 10.0. The van der Waals surface area contributed by atoms with Crippen LogP contribution in [-0.2, 0) is 4.79 Å². The zero-order chi connectivity index (χ0) is 14.4. The molecule has 1 amide bonds. The van der Waals surface area contributed by atoms with Crippen molar-refractivity contribution in [3.8, 4) is 0 Å². The molecule has 1 aliphatic carbocycles. The van der Waals surface area contributed by atoms with Gasteiger partial charge in [0.05, 0.1) is 11.3 Å². The number of halogens is 1. The molecule has 1 aliphatic rings.